The minimum atomic E-state index is -0.0276. The Hall–Kier alpha value is -2.35. The van der Waals surface area contributed by atoms with E-state index in [1.54, 1.807) is 0 Å². The Bertz CT molecular complexity index is 814. The van der Waals surface area contributed by atoms with Gasteiger partial charge in [0.2, 0.25) is 11.8 Å². The van der Waals surface area contributed by atoms with Crippen molar-refractivity contribution in [3.05, 3.63) is 12.1 Å². The smallest absolute Gasteiger partial charge is 0.298 e. The van der Waals surface area contributed by atoms with Crippen molar-refractivity contribution in [1.82, 2.24) is 19.9 Å². The van der Waals surface area contributed by atoms with Crippen LogP contribution in [0.25, 0.3) is 11.2 Å². The van der Waals surface area contributed by atoms with Crippen molar-refractivity contribution in [2.75, 3.05) is 13.2 Å². The number of carbonyl (C=O) groups is 1. The maximum atomic E-state index is 11.1. The van der Waals surface area contributed by atoms with Gasteiger partial charge in [-0.15, -0.1) is 0 Å². The zero-order valence-electron chi connectivity index (χ0n) is 17.8. The number of pyridine rings is 1. The molecule has 1 atom stereocenters. The Morgan fingerprint density at radius 2 is 1.97 bits per heavy atom. The van der Waals surface area contributed by atoms with Crippen molar-refractivity contribution in [3.63, 3.8) is 0 Å². The maximum Gasteiger partial charge on any atom is 0.298 e. The van der Waals surface area contributed by atoms with E-state index in [4.69, 9.17) is 14.2 Å². The van der Waals surface area contributed by atoms with E-state index in [0.29, 0.717) is 25.1 Å². The van der Waals surface area contributed by atoms with Crippen LogP contribution in [-0.2, 0) is 16.6 Å². The lowest BCUT2D eigenvalue weighted by atomic mass is 9.95. The first-order valence-electron chi connectivity index (χ1n) is 10.5. The summed E-state index contributed by atoms with van der Waals surface area (Å²) in [6, 6.07) is 4.41. The van der Waals surface area contributed by atoms with E-state index >= 15 is 0 Å². The van der Waals surface area contributed by atoms with Gasteiger partial charge in [-0.3, -0.25) is 9.36 Å². The molecule has 0 aromatic carbocycles. The number of rotatable bonds is 9. The second kappa shape index (κ2) is 9.91. The Balaban J connectivity index is 1.50. The monoisotopic (exact) mass is 404 g/mol. The molecule has 1 amide bonds. The van der Waals surface area contributed by atoms with Crippen LogP contribution in [0.4, 0.5) is 0 Å². The largest absolute Gasteiger partial charge is 0.474 e. The fraction of sp³-hybridized carbons (Fsp3) is 0.667. The molecule has 3 rings (SSSR count). The Labute approximate surface area is 171 Å². The average molecular weight is 405 g/mol. The predicted octanol–water partition coefficient (Wildman–Crippen LogP) is 2.99. The number of nitrogens with one attached hydrogen (secondary N) is 1. The number of hydrogen-bond acceptors (Lipinski definition) is 6. The third-order valence-corrected chi connectivity index (χ3v) is 5.03. The molecule has 0 radical (unpaired) electrons. The van der Waals surface area contributed by atoms with E-state index in [0.717, 1.165) is 43.3 Å². The van der Waals surface area contributed by atoms with Crippen LogP contribution in [0.1, 0.15) is 52.9 Å². The van der Waals surface area contributed by atoms with Crippen LogP contribution in [0.3, 0.4) is 0 Å². The number of ether oxygens (including phenoxy) is 3. The molecule has 2 aromatic heterocycles. The molecule has 160 valence electrons. The number of aryl methyl sites for hydroxylation is 1. The first-order chi connectivity index (χ1) is 14.0. The number of fused-ring (bicyclic) bond motifs is 1. The van der Waals surface area contributed by atoms with E-state index < -0.39 is 0 Å². The fourth-order valence-electron chi connectivity index (χ4n) is 3.57. The molecular formula is C21H32N4O4. The molecule has 1 fully saturated rings. The topological polar surface area (TPSA) is 87.5 Å². The highest BCUT2D eigenvalue weighted by molar-refractivity contribution is 5.73. The van der Waals surface area contributed by atoms with Crippen LogP contribution >= 0.6 is 0 Å². The summed E-state index contributed by atoms with van der Waals surface area (Å²) >= 11 is 0. The van der Waals surface area contributed by atoms with Crippen LogP contribution in [0.15, 0.2) is 12.1 Å². The van der Waals surface area contributed by atoms with E-state index in [1.165, 1.54) is 6.92 Å². The number of aromatic nitrogens is 3. The molecule has 0 aliphatic heterocycles. The average Bonchev–Trinajstić information content (AvgIpc) is 3.01. The quantitative estimate of drug-likeness (QED) is 0.691. The summed E-state index contributed by atoms with van der Waals surface area (Å²) in [5.41, 5.74) is 1.56. The van der Waals surface area contributed by atoms with Crippen LogP contribution in [0.2, 0.25) is 0 Å². The zero-order chi connectivity index (χ0) is 20.8. The van der Waals surface area contributed by atoms with Gasteiger partial charge >= 0.3 is 0 Å². The molecule has 1 saturated carbocycles. The summed E-state index contributed by atoms with van der Waals surface area (Å²) in [7, 11) is 1.90. The van der Waals surface area contributed by atoms with E-state index in [2.05, 4.69) is 22.2 Å². The number of carbonyl (C=O) groups excluding carboxylic acids is 1. The fourth-order valence-corrected chi connectivity index (χ4v) is 3.57. The molecule has 8 nitrogen and oxygen atoms in total. The van der Waals surface area contributed by atoms with Crippen LogP contribution < -0.4 is 14.8 Å². The van der Waals surface area contributed by atoms with Crippen molar-refractivity contribution in [3.8, 4) is 11.9 Å². The predicted molar refractivity (Wildman–Crippen MR) is 110 cm³/mol. The van der Waals surface area contributed by atoms with Gasteiger partial charge in [0.15, 0.2) is 5.65 Å². The Morgan fingerprint density at radius 1 is 1.24 bits per heavy atom. The van der Waals surface area contributed by atoms with E-state index in [1.807, 2.05) is 30.7 Å². The first-order valence-corrected chi connectivity index (χ1v) is 10.5. The van der Waals surface area contributed by atoms with Gasteiger partial charge < -0.3 is 19.5 Å². The van der Waals surface area contributed by atoms with Crippen LogP contribution in [0, 0.1) is 0 Å². The summed E-state index contributed by atoms with van der Waals surface area (Å²) in [5, 5.41) is 2.84. The Morgan fingerprint density at radius 3 is 2.66 bits per heavy atom. The second-order valence-corrected chi connectivity index (χ2v) is 7.75. The number of hydrogen-bond donors (Lipinski definition) is 1. The van der Waals surface area contributed by atoms with Crippen LogP contribution in [-0.4, -0.2) is 51.9 Å². The molecule has 1 aliphatic rings. The van der Waals surface area contributed by atoms with Crippen molar-refractivity contribution in [2.45, 2.75) is 71.1 Å². The van der Waals surface area contributed by atoms with Crippen LogP contribution in [0.5, 0.6) is 11.9 Å². The molecule has 1 aliphatic carbocycles. The van der Waals surface area contributed by atoms with Gasteiger partial charge in [-0.2, -0.15) is 9.97 Å². The lowest BCUT2D eigenvalue weighted by Gasteiger charge is -2.29. The van der Waals surface area contributed by atoms with E-state index in [-0.39, 0.29) is 24.2 Å². The maximum absolute atomic E-state index is 11.1. The SMILES string of the molecule is CCCOc1nc2ccc(O[C@H]3CC[C@H](OC[C@H](C)NC(C)=O)CC3)nc2n1C. The molecule has 0 bridgehead atoms. The highest BCUT2D eigenvalue weighted by atomic mass is 16.5. The minimum Gasteiger partial charge on any atom is -0.474 e. The summed E-state index contributed by atoms with van der Waals surface area (Å²) in [5.74, 6) is 0.589. The highest BCUT2D eigenvalue weighted by Gasteiger charge is 2.24. The molecule has 1 N–H and O–H groups in total. The molecule has 0 unspecified atom stereocenters. The van der Waals surface area contributed by atoms with Gasteiger partial charge in [0.05, 0.1) is 19.3 Å². The minimum absolute atomic E-state index is 0.0276. The molecule has 2 aromatic rings. The van der Waals surface area contributed by atoms with Gasteiger partial charge in [-0.05, 0) is 45.1 Å². The summed E-state index contributed by atoms with van der Waals surface area (Å²) in [6.07, 6.45) is 5.03. The highest BCUT2D eigenvalue weighted by Crippen LogP contribution is 2.27. The van der Waals surface area contributed by atoms with Gasteiger partial charge in [0, 0.05) is 26.1 Å². The van der Waals surface area contributed by atoms with Gasteiger partial charge in [0.1, 0.15) is 11.6 Å². The molecule has 29 heavy (non-hydrogen) atoms. The molecule has 0 spiro atoms. The molecule has 8 heteroatoms. The second-order valence-electron chi connectivity index (χ2n) is 7.75. The third-order valence-electron chi connectivity index (χ3n) is 5.03. The lowest BCUT2D eigenvalue weighted by molar-refractivity contribution is -0.120. The summed E-state index contributed by atoms with van der Waals surface area (Å²) < 4.78 is 19.6. The normalized spacial score (nSPS) is 20.4. The van der Waals surface area contributed by atoms with Gasteiger partial charge in [-0.25, -0.2) is 0 Å². The van der Waals surface area contributed by atoms with Crippen molar-refractivity contribution >= 4 is 17.1 Å². The van der Waals surface area contributed by atoms with Crippen molar-refractivity contribution < 1.29 is 19.0 Å². The third kappa shape index (κ3) is 5.82. The zero-order valence-corrected chi connectivity index (χ0v) is 17.8. The Kier molecular flexibility index (Phi) is 7.30. The molecule has 0 saturated heterocycles. The number of imidazole rings is 1. The summed E-state index contributed by atoms with van der Waals surface area (Å²) in [4.78, 5) is 20.2. The van der Waals surface area contributed by atoms with E-state index in [9.17, 15) is 4.79 Å². The molecular weight excluding hydrogens is 372 g/mol. The summed E-state index contributed by atoms with van der Waals surface area (Å²) in [6.45, 7) is 6.71. The first kappa shape index (κ1) is 21.4. The van der Waals surface area contributed by atoms with Crippen molar-refractivity contribution in [2.24, 2.45) is 7.05 Å². The molecule has 2 heterocycles. The van der Waals surface area contributed by atoms with Gasteiger partial charge in [0.25, 0.3) is 6.01 Å². The number of amides is 1. The number of nitrogens with zero attached hydrogens (tertiary/aromatic N) is 3. The standard InChI is InChI=1S/C21H32N4O4/c1-5-12-27-21-23-18-10-11-19(24-20(18)25(21)4)29-17-8-6-16(7-9-17)28-13-14(2)22-15(3)26/h10-11,14,16-17H,5-9,12-13H2,1-4H3,(H,22,26)/t14-,16-,17-/m0/s1. The van der Waals surface area contributed by atoms with Crippen molar-refractivity contribution in [1.29, 1.82) is 0 Å². The van der Waals surface area contributed by atoms with Gasteiger partial charge in [-0.1, -0.05) is 6.92 Å². The lowest BCUT2D eigenvalue weighted by Crippen LogP contribution is -2.36.